The molecule has 13 heavy (non-hydrogen) atoms. The molecule has 0 amide bonds. The number of rotatable bonds is 2. The van der Waals surface area contributed by atoms with Crippen LogP contribution in [0.2, 0.25) is 0 Å². The largest absolute Gasteiger partial charge is 0.377 e. The molecular formula is C10H15FN2. The van der Waals surface area contributed by atoms with Crippen LogP contribution in [0.15, 0.2) is 18.2 Å². The summed E-state index contributed by atoms with van der Waals surface area (Å²) in [5.74, 6) is -0.229. The lowest BCUT2D eigenvalue weighted by Gasteiger charge is -2.19. The summed E-state index contributed by atoms with van der Waals surface area (Å²) in [6.07, 6.45) is 0. The molecule has 0 heterocycles. The molecule has 0 spiro atoms. The molecule has 2 nitrogen and oxygen atoms in total. The van der Waals surface area contributed by atoms with Gasteiger partial charge in [0.2, 0.25) is 0 Å². The highest BCUT2D eigenvalue weighted by atomic mass is 19.1. The van der Waals surface area contributed by atoms with Crippen molar-refractivity contribution in [3.8, 4) is 0 Å². The Labute approximate surface area is 78.2 Å². The van der Waals surface area contributed by atoms with Crippen LogP contribution < -0.4 is 10.6 Å². The third-order valence-corrected chi connectivity index (χ3v) is 1.96. The van der Waals surface area contributed by atoms with Gasteiger partial charge in [0, 0.05) is 25.8 Å². The summed E-state index contributed by atoms with van der Waals surface area (Å²) >= 11 is 0. The highest BCUT2D eigenvalue weighted by Crippen LogP contribution is 2.24. The van der Waals surface area contributed by atoms with Gasteiger partial charge in [0.25, 0.3) is 0 Å². The van der Waals surface area contributed by atoms with Crippen molar-refractivity contribution in [2.24, 2.45) is 5.73 Å². The van der Waals surface area contributed by atoms with Crippen molar-refractivity contribution in [1.29, 1.82) is 0 Å². The summed E-state index contributed by atoms with van der Waals surface area (Å²) < 4.78 is 12.9. The molecule has 1 aromatic rings. The Hall–Kier alpha value is -1.09. The van der Waals surface area contributed by atoms with Gasteiger partial charge in [-0.05, 0) is 24.6 Å². The van der Waals surface area contributed by atoms with E-state index in [0.717, 1.165) is 11.3 Å². The molecule has 0 saturated carbocycles. The van der Waals surface area contributed by atoms with Gasteiger partial charge in [-0.1, -0.05) is 6.07 Å². The fraction of sp³-hybridized carbons (Fsp3) is 0.400. The minimum Gasteiger partial charge on any atom is -0.377 e. The predicted molar refractivity (Wildman–Crippen MR) is 53.3 cm³/mol. The van der Waals surface area contributed by atoms with Gasteiger partial charge in [0.1, 0.15) is 5.82 Å². The summed E-state index contributed by atoms with van der Waals surface area (Å²) in [6, 6.07) is 4.60. The average Bonchev–Trinajstić information content (AvgIpc) is 2.03. The van der Waals surface area contributed by atoms with E-state index in [1.807, 2.05) is 25.9 Å². The molecule has 0 bridgehead atoms. The van der Waals surface area contributed by atoms with Gasteiger partial charge in [-0.3, -0.25) is 0 Å². The molecule has 2 N–H and O–H groups in total. The summed E-state index contributed by atoms with van der Waals surface area (Å²) in [7, 11) is 3.75. The van der Waals surface area contributed by atoms with E-state index < -0.39 is 0 Å². The molecule has 0 aliphatic carbocycles. The van der Waals surface area contributed by atoms with Gasteiger partial charge >= 0.3 is 0 Å². The number of hydrogen-bond acceptors (Lipinski definition) is 2. The van der Waals surface area contributed by atoms with Crippen molar-refractivity contribution in [3.63, 3.8) is 0 Å². The van der Waals surface area contributed by atoms with Crippen molar-refractivity contribution < 1.29 is 4.39 Å². The van der Waals surface area contributed by atoms with E-state index in [-0.39, 0.29) is 11.9 Å². The Morgan fingerprint density at radius 2 is 2.00 bits per heavy atom. The van der Waals surface area contributed by atoms with Crippen molar-refractivity contribution in [2.45, 2.75) is 13.0 Å². The predicted octanol–water partition coefficient (Wildman–Crippen LogP) is 1.91. The normalized spacial score (nSPS) is 12.7. The Morgan fingerprint density at radius 1 is 1.38 bits per heavy atom. The maximum Gasteiger partial charge on any atom is 0.125 e. The Morgan fingerprint density at radius 3 is 2.46 bits per heavy atom. The molecule has 0 aliphatic rings. The summed E-state index contributed by atoms with van der Waals surface area (Å²) in [6.45, 7) is 1.89. The maximum absolute atomic E-state index is 12.9. The van der Waals surface area contributed by atoms with Gasteiger partial charge < -0.3 is 10.6 Å². The second-order valence-electron chi connectivity index (χ2n) is 3.39. The number of hydrogen-bond donors (Lipinski definition) is 1. The smallest absolute Gasteiger partial charge is 0.125 e. The number of halogens is 1. The molecule has 0 unspecified atom stereocenters. The van der Waals surface area contributed by atoms with Crippen LogP contribution in [-0.4, -0.2) is 14.1 Å². The Kier molecular flexibility index (Phi) is 2.88. The molecule has 0 fully saturated rings. The first kappa shape index (κ1) is 9.99. The molecule has 72 valence electrons. The van der Waals surface area contributed by atoms with Gasteiger partial charge in [-0.15, -0.1) is 0 Å². The molecular weight excluding hydrogens is 167 g/mol. The van der Waals surface area contributed by atoms with E-state index >= 15 is 0 Å². The van der Waals surface area contributed by atoms with Crippen LogP contribution in [0, 0.1) is 5.82 Å². The Bertz CT molecular complexity index is 295. The lowest BCUT2D eigenvalue weighted by atomic mass is 10.1. The monoisotopic (exact) mass is 182 g/mol. The lowest BCUT2D eigenvalue weighted by molar-refractivity contribution is 0.625. The van der Waals surface area contributed by atoms with Crippen molar-refractivity contribution in [2.75, 3.05) is 19.0 Å². The fourth-order valence-corrected chi connectivity index (χ4v) is 1.29. The van der Waals surface area contributed by atoms with Crippen LogP contribution in [0.5, 0.6) is 0 Å². The van der Waals surface area contributed by atoms with E-state index in [4.69, 9.17) is 5.73 Å². The van der Waals surface area contributed by atoms with Crippen LogP contribution in [0.1, 0.15) is 18.5 Å². The standard InChI is InChI=1S/C10H15FN2/c1-7(12)9-5-4-8(11)6-10(9)13(2)3/h4-7H,12H2,1-3H3/t7-/m0/s1. The number of nitrogens with zero attached hydrogens (tertiary/aromatic N) is 1. The van der Waals surface area contributed by atoms with E-state index in [0.29, 0.717) is 0 Å². The zero-order chi connectivity index (χ0) is 10.0. The first-order chi connectivity index (χ1) is 6.02. The van der Waals surface area contributed by atoms with E-state index in [1.54, 1.807) is 6.07 Å². The minimum absolute atomic E-state index is 0.0713. The zero-order valence-corrected chi connectivity index (χ0v) is 8.21. The highest BCUT2D eigenvalue weighted by molar-refractivity contribution is 5.53. The molecule has 0 saturated heterocycles. The number of nitrogens with two attached hydrogens (primary N) is 1. The quantitative estimate of drug-likeness (QED) is 0.757. The average molecular weight is 182 g/mol. The SMILES string of the molecule is C[C@H](N)c1ccc(F)cc1N(C)C. The summed E-state index contributed by atoms with van der Waals surface area (Å²) in [4.78, 5) is 1.86. The van der Waals surface area contributed by atoms with E-state index in [1.165, 1.54) is 12.1 Å². The first-order valence-electron chi connectivity index (χ1n) is 4.24. The number of benzene rings is 1. The summed E-state index contributed by atoms with van der Waals surface area (Å²) in [5, 5.41) is 0. The van der Waals surface area contributed by atoms with Crippen molar-refractivity contribution in [1.82, 2.24) is 0 Å². The molecule has 1 rings (SSSR count). The fourth-order valence-electron chi connectivity index (χ4n) is 1.29. The highest BCUT2D eigenvalue weighted by Gasteiger charge is 2.08. The first-order valence-corrected chi connectivity index (χ1v) is 4.24. The minimum atomic E-state index is -0.229. The molecule has 3 heteroatoms. The van der Waals surface area contributed by atoms with Crippen LogP contribution in [0.3, 0.4) is 0 Å². The van der Waals surface area contributed by atoms with Crippen molar-refractivity contribution >= 4 is 5.69 Å². The van der Waals surface area contributed by atoms with Gasteiger partial charge in [0.15, 0.2) is 0 Å². The Balaban J connectivity index is 3.19. The second-order valence-corrected chi connectivity index (χ2v) is 3.39. The molecule has 0 aliphatic heterocycles. The van der Waals surface area contributed by atoms with Crippen LogP contribution in [0.4, 0.5) is 10.1 Å². The summed E-state index contributed by atoms with van der Waals surface area (Å²) in [5.41, 5.74) is 7.56. The van der Waals surface area contributed by atoms with Gasteiger partial charge in [-0.25, -0.2) is 4.39 Å². The van der Waals surface area contributed by atoms with Crippen LogP contribution in [-0.2, 0) is 0 Å². The zero-order valence-electron chi connectivity index (χ0n) is 8.21. The molecule has 1 atom stereocenters. The maximum atomic E-state index is 12.9. The third-order valence-electron chi connectivity index (χ3n) is 1.96. The van der Waals surface area contributed by atoms with E-state index in [9.17, 15) is 4.39 Å². The van der Waals surface area contributed by atoms with Crippen LogP contribution in [0.25, 0.3) is 0 Å². The molecule has 0 aromatic heterocycles. The van der Waals surface area contributed by atoms with Gasteiger partial charge in [-0.2, -0.15) is 0 Å². The molecule has 0 radical (unpaired) electrons. The topological polar surface area (TPSA) is 29.3 Å². The lowest BCUT2D eigenvalue weighted by Crippen LogP contribution is -2.15. The van der Waals surface area contributed by atoms with Crippen LogP contribution >= 0.6 is 0 Å². The number of anilines is 1. The van der Waals surface area contributed by atoms with Gasteiger partial charge in [0.05, 0.1) is 0 Å². The third kappa shape index (κ3) is 2.18. The van der Waals surface area contributed by atoms with E-state index in [2.05, 4.69) is 0 Å². The molecule has 1 aromatic carbocycles. The second kappa shape index (κ2) is 3.75. The van der Waals surface area contributed by atoms with Crippen molar-refractivity contribution in [3.05, 3.63) is 29.6 Å².